The van der Waals surface area contributed by atoms with Crippen LogP contribution in [-0.4, -0.2) is 16.1 Å². The van der Waals surface area contributed by atoms with Crippen molar-refractivity contribution in [2.45, 2.75) is 26.2 Å². The Morgan fingerprint density at radius 3 is 2.42 bits per heavy atom. The molecular formula is C19H18N2O3. The van der Waals surface area contributed by atoms with Crippen LogP contribution in [0.4, 0.5) is 0 Å². The lowest BCUT2D eigenvalue weighted by Crippen LogP contribution is -2.18. The van der Waals surface area contributed by atoms with Gasteiger partial charge in [0, 0.05) is 12.5 Å². The number of aromatic nitrogens is 2. The fourth-order valence-electron chi connectivity index (χ4n) is 2.50. The van der Waals surface area contributed by atoms with Crippen molar-refractivity contribution in [2.75, 3.05) is 0 Å². The van der Waals surface area contributed by atoms with Gasteiger partial charge < -0.3 is 9.26 Å². The monoisotopic (exact) mass is 322 g/mol. The molecule has 5 heteroatoms. The average Bonchev–Trinajstić information content (AvgIpc) is 3.04. The first-order valence-corrected chi connectivity index (χ1v) is 7.84. The molecule has 1 aromatic heterocycles. The molecule has 0 N–H and O–H groups in total. The first-order valence-electron chi connectivity index (χ1n) is 7.84. The molecule has 122 valence electrons. The Labute approximate surface area is 140 Å². The third-order valence-electron chi connectivity index (χ3n) is 3.75. The minimum Gasteiger partial charge on any atom is -0.426 e. The normalized spacial score (nSPS) is 11.9. The Hall–Kier alpha value is -2.95. The Morgan fingerprint density at radius 1 is 1.12 bits per heavy atom. The van der Waals surface area contributed by atoms with Crippen LogP contribution >= 0.6 is 0 Å². The van der Waals surface area contributed by atoms with Gasteiger partial charge in [-0.3, -0.25) is 4.79 Å². The molecule has 3 aromatic rings. The predicted molar refractivity (Wildman–Crippen MR) is 89.6 cm³/mol. The molecule has 0 radical (unpaired) electrons. The van der Waals surface area contributed by atoms with E-state index in [0.717, 1.165) is 11.1 Å². The zero-order valence-electron chi connectivity index (χ0n) is 13.6. The van der Waals surface area contributed by atoms with Crippen LogP contribution in [-0.2, 0) is 4.79 Å². The number of aryl methyl sites for hydroxylation is 1. The number of carbonyl (C=O) groups excluding carboxylic acids is 1. The summed E-state index contributed by atoms with van der Waals surface area (Å²) in [5, 5.41) is 3.86. The summed E-state index contributed by atoms with van der Waals surface area (Å²) in [7, 11) is 0. The van der Waals surface area contributed by atoms with Crippen LogP contribution in [0.15, 0.2) is 59.1 Å². The highest BCUT2D eigenvalue weighted by Crippen LogP contribution is 2.24. The van der Waals surface area contributed by atoms with E-state index < -0.39 is 0 Å². The zero-order valence-corrected chi connectivity index (χ0v) is 13.6. The molecule has 1 atom stereocenters. The first-order chi connectivity index (χ1) is 11.7. The second-order valence-electron chi connectivity index (χ2n) is 5.45. The molecule has 5 nitrogen and oxygen atoms in total. The van der Waals surface area contributed by atoms with Gasteiger partial charge in [0.15, 0.2) is 0 Å². The van der Waals surface area contributed by atoms with Gasteiger partial charge in [0.1, 0.15) is 5.75 Å². The van der Waals surface area contributed by atoms with E-state index in [1.54, 1.807) is 31.2 Å². The predicted octanol–water partition coefficient (Wildman–Crippen LogP) is 4.14. The molecule has 0 spiro atoms. The minimum absolute atomic E-state index is 0.258. The summed E-state index contributed by atoms with van der Waals surface area (Å²) in [6.07, 6.45) is 0.684. The summed E-state index contributed by atoms with van der Waals surface area (Å²) in [4.78, 5) is 16.6. The second-order valence-corrected chi connectivity index (χ2v) is 5.45. The molecule has 0 aliphatic heterocycles. The molecular weight excluding hydrogens is 304 g/mol. The number of benzene rings is 2. The second kappa shape index (κ2) is 7.08. The Balaban J connectivity index is 1.72. The molecule has 0 fully saturated rings. The highest BCUT2D eigenvalue weighted by molar-refractivity contribution is 5.80. The van der Waals surface area contributed by atoms with Gasteiger partial charge in [0.2, 0.25) is 11.7 Å². The van der Waals surface area contributed by atoms with E-state index in [1.165, 1.54) is 0 Å². The lowest BCUT2D eigenvalue weighted by Gasteiger charge is -2.14. The van der Waals surface area contributed by atoms with Crippen LogP contribution in [0.5, 0.6) is 5.75 Å². The Bertz CT molecular complexity index is 810. The van der Waals surface area contributed by atoms with Gasteiger partial charge in [-0.2, -0.15) is 4.98 Å². The number of rotatable bonds is 5. The standard InChI is InChI=1S/C19H18N2O3/c1-3-17(14-7-5-4-6-8-14)19(22)23-16-11-9-15(10-12-16)18-20-13(2)24-21-18/h4-12,17H,3H2,1-2H3. The number of carbonyl (C=O) groups is 1. The number of ether oxygens (including phenoxy) is 1. The number of hydrogen-bond donors (Lipinski definition) is 0. The van der Waals surface area contributed by atoms with Crippen LogP contribution in [0.2, 0.25) is 0 Å². The smallest absolute Gasteiger partial charge is 0.318 e. The fourth-order valence-corrected chi connectivity index (χ4v) is 2.50. The summed E-state index contributed by atoms with van der Waals surface area (Å²) in [6, 6.07) is 16.7. The van der Waals surface area contributed by atoms with Gasteiger partial charge in [-0.15, -0.1) is 0 Å². The van der Waals surface area contributed by atoms with Gasteiger partial charge in [0.25, 0.3) is 0 Å². The van der Waals surface area contributed by atoms with E-state index in [1.807, 2.05) is 37.3 Å². The fraction of sp³-hybridized carbons (Fsp3) is 0.211. The molecule has 0 saturated heterocycles. The highest BCUT2D eigenvalue weighted by atomic mass is 16.5. The van der Waals surface area contributed by atoms with Gasteiger partial charge >= 0.3 is 5.97 Å². The molecule has 0 amide bonds. The molecule has 24 heavy (non-hydrogen) atoms. The van der Waals surface area contributed by atoms with E-state index in [4.69, 9.17) is 9.26 Å². The SMILES string of the molecule is CCC(C(=O)Oc1ccc(-c2noc(C)n2)cc1)c1ccccc1. The largest absolute Gasteiger partial charge is 0.426 e. The third-order valence-corrected chi connectivity index (χ3v) is 3.75. The molecule has 1 heterocycles. The van der Waals surface area contributed by atoms with E-state index in [2.05, 4.69) is 10.1 Å². The van der Waals surface area contributed by atoms with Crippen molar-refractivity contribution < 1.29 is 14.1 Å². The lowest BCUT2D eigenvalue weighted by atomic mass is 9.97. The van der Waals surface area contributed by atoms with Crippen molar-refractivity contribution in [2.24, 2.45) is 0 Å². The molecule has 0 aliphatic carbocycles. The minimum atomic E-state index is -0.272. The third kappa shape index (κ3) is 3.51. The van der Waals surface area contributed by atoms with Gasteiger partial charge in [-0.1, -0.05) is 42.4 Å². The summed E-state index contributed by atoms with van der Waals surface area (Å²) < 4.78 is 10.5. The summed E-state index contributed by atoms with van der Waals surface area (Å²) >= 11 is 0. The van der Waals surface area contributed by atoms with E-state index in [0.29, 0.717) is 23.9 Å². The molecule has 0 saturated carbocycles. The van der Waals surface area contributed by atoms with Crippen molar-refractivity contribution in [1.82, 2.24) is 10.1 Å². The van der Waals surface area contributed by atoms with E-state index >= 15 is 0 Å². The van der Waals surface area contributed by atoms with Gasteiger partial charge in [-0.25, -0.2) is 0 Å². The quantitative estimate of drug-likeness (QED) is 0.521. The number of esters is 1. The van der Waals surface area contributed by atoms with Crippen LogP contribution in [0.1, 0.15) is 30.7 Å². The lowest BCUT2D eigenvalue weighted by molar-refractivity contribution is -0.136. The number of hydrogen-bond acceptors (Lipinski definition) is 5. The van der Waals surface area contributed by atoms with Crippen LogP contribution in [0, 0.1) is 6.92 Å². The molecule has 0 aliphatic rings. The average molecular weight is 322 g/mol. The van der Waals surface area contributed by atoms with Crippen molar-refractivity contribution in [3.05, 3.63) is 66.1 Å². The molecule has 1 unspecified atom stereocenters. The van der Waals surface area contributed by atoms with Crippen LogP contribution < -0.4 is 4.74 Å². The maximum absolute atomic E-state index is 12.4. The summed E-state index contributed by atoms with van der Waals surface area (Å²) in [5.74, 6) is 0.992. The summed E-state index contributed by atoms with van der Waals surface area (Å²) in [6.45, 7) is 3.71. The van der Waals surface area contributed by atoms with Crippen molar-refractivity contribution in [1.29, 1.82) is 0 Å². The van der Waals surface area contributed by atoms with Gasteiger partial charge in [0.05, 0.1) is 5.92 Å². The van der Waals surface area contributed by atoms with Crippen LogP contribution in [0.3, 0.4) is 0 Å². The first kappa shape index (κ1) is 15.9. The molecule has 2 aromatic carbocycles. The highest BCUT2D eigenvalue weighted by Gasteiger charge is 2.20. The number of nitrogens with zero attached hydrogens (tertiary/aromatic N) is 2. The van der Waals surface area contributed by atoms with E-state index in [9.17, 15) is 4.79 Å². The van der Waals surface area contributed by atoms with E-state index in [-0.39, 0.29) is 11.9 Å². The van der Waals surface area contributed by atoms with Crippen molar-refractivity contribution >= 4 is 5.97 Å². The molecule has 3 rings (SSSR count). The maximum Gasteiger partial charge on any atom is 0.318 e. The summed E-state index contributed by atoms with van der Waals surface area (Å²) in [5.41, 5.74) is 1.77. The van der Waals surface area contributed by atoms with Crippen molar-refractivity contribution in [3.63, 3.8) is 0 Å². The zero-order chi connectivity index (χ0) is 16.9. The topological polar surface area (TPSA) is 65.2 Å². The Kier molecular flexibility index (Phi) is 4.70. The van der Waals surface area contributed by atoms with Crippen LogP contribution in [0.25, 0.3) is 11.4 Å². The molecule has 0 bridgehead atoms. The van der Waals surface area contributed by atoms with Crippen molar-refractivity contribution in [3.8, 4) is 17.1 Å². The van der Waals surface area contributed by atoms with Gasteiger partial charge in [-0.05, 0) is 36.2 Å². The maximum atomic E-state index is 12.4. The Morgan fingerprint density at radius 2 is 1.83 bits per heavy atom.